The maximum atomic E-state index is 6.11. The molecule has 0 aliphatic rings. The second-order valence-electron chi connectivity index (χ2n) is 4.72. The van der Waals surface area contributed by atoms with Crippen LogP contribution < -0.4 is 10.5 Å². The molecule has 0 unspecified atom stereocenters. The third-order valence-corrected chi connectivity index (χ3v) is 4.08. The molecule has 0 spiro atoms. The van der Waals surface area contributed by atoms with Gasteiger partial charge in [0.15, 0.2) is 5.65 Å². The van der Waals surface area contributed by atoms with Crippen LogP contribution in [0.2, 0.25) is 0 Å². The van der Waals surface area contributed by atoms with Gasteiger partial charge in [-0.3, -0.25) is 4.57 Å². The van der Waals surface area contributed by atoms with Crippen molar-refractivity contribution in [1.82, 2.24) is 19.3 Å². The second kappa shape index (κ2) is 5.07. The molecule has 7 heteroatoms. The molecule has 0 saturated carbocycles. The largest absolute Gasteiger partial charge is 0.496 e. The number of methoxy groups -OCH3 is 1. The van der Waals surface area contributed by atoms with Crippen LogP contribution >= 0.6 is 15.9 Å². The van der Waals surface area contributed by atoms with E-state index in [1.165, 1.54) is 0 Å². The first-order valence-corrected chi connectivity index (χ1v) is 7.39. The van der Waals surface area contributed by atoms with E-state index in [2.05, 4.69) is 32.9 Å². The minimum Gasteiger partial charge on any atom is -0.496 e. The Bertz CT molecular complexity index is 820. The van der Waals surface area contributed by atoms with Gasteiger partial charge >= 0.3 is 0 Å². The second-order valence-corrected chi connectivity index (χ2v) is 5.57. The molecule has 1 aromatic carbocycles. The van der Waals surface area contributed by atoms with Crippen molar-refractivity contribution in [2.24, 2.45) is 7.05 Å². The van der Waals surface area contributed by atoms with Crippen LogP contribution in [0.3, 0.4) is 0 Å². The molecule has 2 N–H and O–H groups in total. The van der Waals surface area contributed by atoms with E-state index in [-0.39, 0.29) is 0 Å². The van der Waals surface area contributed by atoms with Gasteiger partial charge in [-0.2, -0.15) is 5.10 Å². The van der Waals surface area contributed by atoms with E-state index in [1.807, 2.05) is 34.5 Å². The summed E-state index contributed by atoms with van der Waals surface area (Å²) >= 11 is 3.50. The average molecular weight is 350 g/mol. The molecule has 0 aliphatic heterocycles. The van der Waals surface area contributed by atoms with E-state index >= 15 is 0 Å². The average Bonchev–Trinajstić information content (AvgIpc) is 2.95. The number of anilines is 1. The number of ether oxygens (including phenoxy) is 1. The Kier molecular flexibility index (Phi) is 3.36. The summed E-state index contributed by atoms with van der Waals surface area (Å²) in [6.07, 6.45) is 0.820. The molecule has 2 aromatic heterocycles. The van der Waals surface area contributed by atoms with Gasteiger partial charge in [0.2, 0.25) is 5.95 Å². The number of halogens is 1. The van der Waals surface area contributed by atoms with Crippen LogP contribution in [0, 0.1) is 0 Å². The van der Waals surface area contributed by atoms with Crippen LogP contribution in [0.25, 0.3) is 16.9 Å². The van der Waals surface area contributed by atoms with Crippen LogP contribution in [0.5, 0.6) is 5.75 Å². The number of aromatic nitrogens is 4. The van der Waals surface area contributed by atoms with Crippen molar-refractivity contribution in [3.63, 3.8) is 0 Å². The number of hydrogen-bond acceptors (Lipinski definition) is 4. The molecule has 0 amide bonds. The predicted molar refractivity (Wildman–Crippen MR) is 85.9 cm³/mol. The van der Waals surface area contributed by atoms with Gasteiger partial charge in [-0.1, -0.05) is 6.92 Å². The Morgan fingerprint density at radius 2 is 2.14 bits per heavy atom. The highest BCUT2D eigenvalue weighted by Gasteiger charge is 2.18. The molecule has 21 heavy (non-hydrogen) atoms. The number of nitrogens with zero attached hydrogens (tertiary/aromatic N) is 4. The Morgan fingerprint density at radius 1 is 1.38 bits per heavy atom. The fraction of sp³-hybridized carbons (Fsp3) is 0.286. The van der Waals surface area contributed by atoms with Crippen molar-refractivity contribution in [2.75, 3.05) is 12.8 Å². The van der Waals surface area contributed by atoms with E-state index in [0.717, 1.165) is 39.2 Å². The molecule has 0 atom stereocenters. The lowest BCUT2D eigenvalue weighted by Crippen LogP contribution is -2.05. The zero-order valence-corrected chi connectivity index (χ0v) is 13.7. The quantitative estimate of drug-likeness (QED) is 0.788. The lowest BCUT2D eigenvalue weighted by molar-refractivity contribution is 0.412. The van der Waals surface area contributed by atoms with Gasteiger partial charge in [-0.15, -0.1) is 0 Å². The summed E-state index contributed by atoms with van der Waals surface area (Å²) in [5, 5.41) is 4.49. The maximum Gasteiger partial charge on any atom is 0.207 e. The standard InChI is InChI=1S/C14H16BrN5O/c1-4-10-12-13(19(2)18-10)20(14(16)17-12)8-5-6-11(21-3)9(15)7-8/h5-7H,4H2,1-3H3,(H2,16,17). The Labute approximate surface area is 130 Å². The van der Waals surface area contributed by atoms with Crippen molar-refractivity contribution >= 4 is 33.0 Å². The normalized spacial score (nSPS) is 11.2. The molecule has 6 nitrogen and oxygen atoms in total. The molecule has 0 aliphatic carbocycles. The third kappa shape index (κ3) is 2.08. The number of nitrogen functional groups attached to an aromatic ring is 1. The topological polar surface area (TPSA) is 70.9 Å². The van der Waals surface area contributed by atoms with E-state index in [1.54, 1.807) is 7.11 Å². The van der Waals surface area contributed by atoms with Crippen LogP contribution in [0.4, 0.5) is 5.95 Å². The van der Waals surface area contributed by atoms with Crippen molar-refractivity contribution in [3.8, 4) is 11.4 Å². The molecular formula is C14H16BrN5O. The molecule has 3 aromatic rings. The van der Waals surface area contributed by atoms with Crippen molar-refractivity contribution in [2.45, 2.75) is 13.3 Å². The highest BCUT2D eigenvalue weighted by Crippen LogP contribution is 2.31. The summed E-state index contributed by atoms with van der Waals surface area (Å²) in [4.78, 5) is 4.46. The van der Waals surface area contributed by atoms with Gasteiger partial charge in [-0.05, 0) is 40.5 Å². The predicted octanol–water partition coefficient (Wildman–Crippen LogP) is 2.67. The number of nitrogens with two attached hydrogens (primary N) is 1. The van der Waals surface area contributed by atoms with E-state index in [0.29, 0.717) is 5.95 Å². The van der Waals surface area contributed by atoms with Crippen LogP contribution in [0.1, 0.15) is 12.6 Å². The van der Waals surface area contributed by atoms with Gasteiger partial charge in [0.25, 0.3) is 0 Å². The lowest BCUT2D eigenvalue weighted by Gasteiger charge is -2.09. The van der Waals surface area contributed by atoms with Crippen molar-refractivity contribution in [1.29, 1.82) is 0 Å². The number of hydrogen-bond donors (Lipinski definition) is 1. The maximum absolute atomic E-state index is 6.11. The molecule has 2 heterocycles. The fourth-order valence-corrected chi connectivity index (χ4v) is 3.01. The van der Waals surface area contributed by atoms with Crippen LogP contribution in [-0.2, 0) is 13.5 Å². The monoisotopic (exact) mass is 349 g/mol. The van der Waals surface area contributed by atoms with Gasteiger partial charge in [-0.25, -0.2) is 9.67 Å². The van der Waals surface area contributed by atoms with E-state index in [4.69, 9.17) is 10.5 Å². The molecule has 0 fully saturated rings. The number of fused-ring (bicyclic) bond motifs is 1. The van der Waals surface area contributed by atoms with Gasteiger partial charge in [0.05, 0.1) is 23.0 Å². The number of benzene rings is 1. The summed E-state index contributed by atoms with van der Waals surface area (Å²) in [5.41, 5.74) is 9.71. The summed E-state index contributed by atoms with van der Waals surface area (Å²) in [6, 6.07) is 5.79. The first kappa shape index (κ1) is 13.9. The van der Waals surface area contributed by atoms with Crippen LogP contribution in [-0.4, -0.2) is 26.4 Å². The number of aryl methyl sites for hydroxylation is 2. The summed E-state index contributed by atoms with van der Waals surface area (Å²) in [7, 11) is 3.54. The molecule has 0 radical (unpaired) electrons. The smallest absolute Gasteiger partial charge is 0.207 e. The summed E-state index contributed by atoms with van der Waals surface area (Å²) in [6.45, 7) is 2.06. The Balaban J connectivity index is 2.27. The minimum absolute atomic E-state index is 0.449. The molecular weight excluding hydrogens is 334 g/mol. The molecule has 110 valence electrons. The molecule has 0 bridgehead atoms. The number of imidazole rings is 1. The van der Waals surface area contributed by atoms with Crippen molar-refractivity contribution < 1.29 is 4.74 Å². The summed E-state index contributed by atoms with van der Waals surface area (Å²) < 4.78 is 9.83. The van der Waals surface area contributed by atoms with Gasteiger partial charge in [0.1, 0.15) is 11.3 Å². The third-order valence-electron chi connectivity index (χ3n) is 3.46. The first-order valence-electron chi connectivity index (χ1n) is 6.60. The lowest BCUT2D eigenvalue weighted by atomic mass is 10.3. The minimum atomic E-state index is 0.449. The fourth-order valence-electron chi connectivity index (χ4n) is 2.48. The molecule has 0 saturated heterocycles. The SMILES string of the molecule is CCc1nn(C)c2c1nc(N)n2-c1ccc(OC)c(Br)c1. The van der Waals surface area contributed by atoms with Crippen LogP contribution in [0.15, 0.2) is 22.7 Å². The summed E-state index contributed by atoms with van der Waals surface area (Å²) in [5.74, 6) is 1.22. The number of rotatable bonds is 3. The van der Waals surface area contributed by atoms with E-state index in [9.17, 15) is 0 Å². The Hall–Kier alpha value is -2.02. The highest BCUT2D eigenvalue weighted by molar-refractivity contribution is 9.10. The zero-order valence-electron chi connectivity index (χ0n) is 12.1. The van der Waals surface area contributed by atoms with Crippen molar-refractivity contribution in [3.05, 3.63) is 28.4 Å². The first-order chi connectivity index (χ1) is 10.1. The van der Waals surface area contributed by atoms with Gasteiger partial charge < -0.3 is 10.5 Å². The molecule has 3 rings (SSSR count). The van der Waals surface area contributed by atoms with Gasteiger partial charge in [0, 0.05) is 7.05 Å². The zero-order chi connectivity index (χ0) is 15.1. The van der Waals surface area contributed by atoms with E-state index < -0.39 is 0 Å². The highest BCUT2D eigenvalue weighted by atomic mass is 79.9. The Morgan fingerprint density at radius 3 is 2.76 bits per heavy atom.